The third-order valence-electron chi connectivity index (χ3n) is 6.41. The maximum absolute atomic E-state index is 13.1. The summed E-state index contributed by atoms with van der Waals surface area (Å²) in [6.07, 6.45) is 6.24. The van der Waals surface area contributed by atoms with Crippen LogP contribution in [0.4, 0.5) is 0 Å². The van der Waals surface area contributed by atoms with Gasteiger partial charge in [0.05, 0.1) is 25.4 Å². The van der Waals surface area contributed by atoms with Gasteiger partial charge in [0.1, 0.15) is 11.1 Å². The lowest BCUT2D eigenvalue weighted by Crippen LogP contribution is -2.26. The molecule has 0 saturated carbocycles. The summed E-state index contributed by atoms with van der Waals surface area (Å²) in [5.41, 5.74) is 2.40. The second-order valence-corrected chi connectivity index (χ2v) is 10.8. The quantitative estimate of drug-likeness (QED) is 0.249. The maximum Gasteiger partial charge on any atom is 0.273 e. The molecule has 0 spiro atoms. The number of hydrogen-bond donors (Lipinski definition) is 1. The van der Waals surface area contributed by atoms with E-state index >= 15 is 0 Å². The van der Waals surface area contributed by atoms with Crippen molar-refractivity contribution in [2.45, 2.75) is 43.0 Å². The number of nitrogens with zero attached hydrogens (tertiary/aromatic N) is 3. The first-order valence-electron chi connectivity index (χ1n) is 12.1. The molecule has 3 aromatic heterocycles. The smallest absolute Gasteiger partial charge is 0.273 e. The van der Waals surface area contributed by atoms with Crippen molar-refractivity contribution in [2.24, 2.45) is 7.05 Å². The van der Waals surface area contributed by atoms with Crippen molar-refractivity contribution in [2.75, 3.05) is 20.8 Å². The van der Waals surface area contributed by atoms with Crippen molar-refractivity contribution in [1.82, 2.24) is 19.9 Å². The monoisotopic (exact) mass is 540 g/mol. The third kappa shape index (κ3) is 5.24. The minimum Gasteiger partial charge on any atom is -0.493 e. The molecule has 0 saturated heterocycles. The van der Waals surface area contributed by atoms with Gasteiger partial charge in [-0.3, -0.25) is 14.2 Å². The van der Waals surface area contributed by atoms with E-state index in [9.17, 15) is 9.59 Å². The van der Waals surface area contributed by atoms with Crippen LogP contribution in [0.1, 0.15) is 45.2 Å². The van der Waals surface area contributed by atoms with Gasteiger partial charge in [0.25, 0.3) is 11.5 Å². The van der Waals surface area contributed by atoms with E-state index in [-0.39, 0.29) is 17.2 Å². The van der Waals surface area contributed by atoms with Crippen LogP contribution in [0, 0.1) is 0 Å². The number of nitrogens with one attached hydrogen (secondary N) is 1. The zero-order valence-corrected chi connectivity index (χ0v) is 22.6. The Hall–Kier alpha value is -3.31. The van der Waals surface area contributed by atoms with E-state index in [1.165, 1.54) is 28.5 Å². The van der Waals surface area contributed by atoms with Gasteiger partial charge in [-0.25, -0.2) is 9.97 Å². The SMILES string of the molecule is COc1ccc(CCNC(=O)c2coc(CSc3nc4sc5c(c4c(=O)n3C)CCCC5)n2)cc1OC. The number of ether oxygens (including phenoxy) is 2. The molecule has 9 nitrogen and oxygen atoms in total. The van der Waals surface area contributed by atoms with E-state index in [1.54, 1.807) is 37.2 Å². The summed E-state index contributed by atoms with van der Waals surface area (Å²) in [7, 11) is 4.93. The second kappa shape index (κ2) is 11.0. The normalized spacial score (nSPS) is 12.9. The van der Waals surface area contributed by atoms with Crippen LogP contribution >= 0.6 is 23.1 Å². The number of oxazole rings is 1. The minimum absolute atomic E-state index is 0.00569. The fourth-order valence-corrected chi connectivity index (χ4v) is 6.58. The van der Waals surface area contributed by atoms with Crippen molar-refractivity contribution in [1.29, 1.82) is 0 Å². The average molecular weight is 541 g/mol. The van der Waals surface area contributed by atoms with Gasteiger partial charge >= 0.3 is 0 Å². The molecular weight excluding hydrogens is 512 g/mol. The molecule has 1 aliphatic carbocycles. The molecule has 3 heterocycles. The van der Waals surface area contributed by atoms with Crippen molar-refractivity contribution in [3.63, 3.8) is 0 Å². The van der Waals surface area contributed by atoms with Gasteiger partial charge in [0.2, 0.25) is 5.89 Å². The summed E-state index contributed by atoms with van der Waals surface area (Å²) in [4.78, 5) is 36.8. The number of rotatable bonds is 9. The summed E-state index contributed by atoms with van der Waals surface area (Å²) in [5.74, 6) is 1.75. The molecule has 0 bridgehead atoms. The number of carbonyl (C=O) groups is 1. The number of thioether (sulfide) groups is 1. The average Bonchev–Trinajstić information content (AvgIpc) is 3.54. The lowest BCUT2D eigenvalue weighted by Gasteiger charge is -2.10. The van der Waals surface area contributed by atoms with E-state index < -0.39 is 0 Å². The molecule has 37 heavy (non-hydrogen) atoms. The van der Waals surface area contributed by atoms with Crippen LogP contribution in [0.3, 0.4) is 0 Å². The fourth-order valence-electron chi connectivity index (χ4n) is 4.45. The molecule has 1 aliphatic rings. The predicted molar refractivity (Wildman–Crippen MR) is 143 cm³/mol. The van der Waals surface area contributed by atoms with Crippen LogP contribution in [0.15, 0.2) is 38.8 Å². The van der Waals surface area contributed by atoms with Gasteiger partial charge in [0.15, 0.2) is 22.3 Å². The Balaban J connectivity index is 1.19. The molecule has 0 fully saturated rings. The summed E-state index contributed by atoms with van der Waals surface area (Å²) in [6.45, 7) is 0.433. The summed E-state index contributed by atoms with van der Waals surface area (Å²) >= 11 is 3.00. The number of fused-ring (bicyclic) bond motifs is 3. The summed E-state index contributed by atoms with van der Waals surface area (Å²) < 4.78 is 17.7. The van der Waals surface area contributed by atoms with Crippen molar-refractivity contribution in [3.8, 4) is 11.5 Å². The lowest BCUT2D eigenvalue weighted by molar-refractivity contribution is 0.0949. The molecule has 5 rings (SSSR count). The lowest BCUT2D eigenvalue weighted by atomic mass is 9.97. The number of benzene rings is 1. The van der Waals surface area contributed by atoms with Crippen molar-refractivity contribution >= 4 is 39.2 Å². The standard InChI is InChI=1S/C26H28N4O5S2/c1-30-25(32)22-16-6-4-5-7-20(16)37-24(22)29-26(30)36-14-21-28-17(13-35-21)23(31)27-11-10-15-8-9-18(33-2)19(12-15)34-3/h8-9,12-13H,4-7,10-11,14H2,1-3H3,(H,27,31). The van der Waals surface area contributed by atoms with E-state index in [4.69, 9.17) is 18.9 Å². The predicted octanol–water partition coefficient (Wildman–Crippen LogP) is 4.14. The van der Waals surface area contributed by atoms with E-state index in [0.717, 1.165) is 41.5 Å². The molecule has 1 amide bonds. The summed E-state index contributed by atoms with van der Waals surface area (Å²) in [6, 6.07) is 5.66. The van der Waals surface area contributed by atoms with Gasteiger partial charge < -0.3 is 19.2 Å². The first-order chi connectivity index (χ1) is 18.0. The van der Waals surface area contributed by atoms with Gasteiger partial charge in [-0.1, -0.05) is 17.8 Å². The van der Waals surface area contributed by atoms with Gasteiger partial charge in [-0.2, -0.15) is 0 Å². The number of carbonyl (C=O) groups excluding carboxylic acids is 1. The minimum atomic E-state index is -0.309. The van der Waals surface area contributed by atoms with E-state index in [2.05, 4.69) is 10.3 Å². The highest BCUT2D eigenvalue weighted by atomic mass is 32.2. The molecule has 0 aliphatic heterocycles. The van der Waals surface area contributed by atoms with E-state index in [1.807, 2.05) is 18.2 Å². The van der Waals surface area contributed by atoms with Crippen LogP contribution in [0.5, 0.6) is 11.5 Å². The Morgan fingerprint density at radius 3 is 2.81 bits per heavy atom. The van der Waals surface area contributed by atoms with Crippen LogP contribution in [-0.4, -0.2) is 41.2 Å². The third-order valence-corrected chi connectivity index (χ3v) is 8.61. The molecule has 194 valence electrons. The molecule has 1 N–H and O–H groups in total. The highest BCUT2D eigenvalue weighted by molar-refractivity contribution is 7.98. The Labute approximate surface area is 222 Å². The van der Waals surface area contributed by atoms with Crippen LogP contribution in [-0.2, 0) is 32.1 Å². The summed E-state index contributed by atoms with van der Waals surface area (Å²) in [5, 5.41) is 4.24. The van der Waals surface area contributed by atoms with Gasteiger partial charge in [-0.15, -0.1) is 11.3 Å². The highest BCUT2D eigenvalue weighted by Crippen LogP contribution is 2.35. The Kier molecular flexibility index (Phi) is 7.52. The largest absolute Gasteiger partial charge is 0.493 e. The Bertz CT molecular complexity index is 1510. The number of amides is 1. The molecule has 0 atom stereocenters. The molecule has 1 aromatic carbocycles. The van der Waals surface area contributed by atoms with E-state index in [0.29, 0.717) is 41.3 Å². The van der Waals surface area contributed by atoms with Crippen molar-refractivity contribution < 1.29 is 18.7 Å². The zero-order chi connectivity index (χ0) is 25.9. The fraction of sp³-hybridized carbons (Fsp3) is 0.385. The van der Waals surface area contributed by atoms with Crippen molar-refractivity contribution in [3.05, 3.63) is 62.4 Å². The molecular formula is C26H28N4O5S2. The first-order valence-corrected chi connectivity index (χ1v) is 13.9. The first kappa shape index (κ1) is 25.3. The topological polar surface area (TPSA) is 108 Å². The Morgan fingerprint density at radius 2 is 2.00 bits per heavy atom. The maximum atomic E-state index is 13.1. The Morgan fingerprint density at radius 1 is 1.19 bits per heavy atom. The van der Waals surface area contributed by atoms with Gasteiger partial charge in [0, 0.05) is 18.5 Å². The number of thiophene rings is 1. The van der Waals surface area contributed by atoms with Crippen LogP contribution in [0.2, 0.25) is 0 Å². The highest BCUT2D eigenvalue weighted by Gasteiger charge is 2.22. The number of aryl methyl sites for hydroxylation is 2. The molecule has 0 unspecified atom stereocenters. The van der Waals surface area contributed by atoms with Crippen LogP contribution in [0.25, 0.3) is 10.2 Å². The molecule has 4 aromatic rings. The second-order valence-electron chi connectivity index (χ2n) is 8.76. The number of aromatic nitrogens is 3. The molecule has 11 heteroatoms. The zero-order valence-electron chi connectivity index (χ0n) is 21.0. The van der Waals surface area contributed by atoms with Gasteiger partial charge in [-0.05, 0) is 55.4 Å². The molecule has 0 radical (unpaired) electrons. The number of hydrogen-bond acceptors (Lipinski definition) is 9. The number of methoxy groups -OCH3 is 2. The van der Waals surface area contributed by atoms with Crippen LogP contribution < -0.4 is 20.3 Å².